The normalized spacial score (nSPS) is 22.1. The van der Waals surface area contributed by atoms with E-state index in [2.05, 4.69) is 10.3 Å². The number of imide groups is 1. The molecule has 1 aliphatic heterocycles. The fraction of sp³-hybridized carbons (Fsp3) is 0.214. The molecule has 0 spiro atoms. The van der Waals surface area contributed by atoms with Crippen LogP contribution in [0.5, 0.6) is 0 Å². The lowest BCUT2D eigenvalue weighted by atomic mass is 9.95. The summed E-state index contributed by atoms with van der Waals surface area (Å²) in [6, 6.07) is 6.90. The maximum atomic E-state index is 12.6. The summed E-state index contributed by atoms with van der Waals surface area (Å²) in [6.45, 7) is 1.92. The van der Waals surface area contributed by atoms with Crippen LogP contribution in [0.4, 0.5) is 4.79 Å². The summed E-state index contributed by atoms with van der Waals surface area (Å²) in [5.74, 6) is -0.244. The summed E-state index contributed by atoms with van der Waals surface area (Å²) in [7, 11) is 0. The molecule has 20 heavy (non-hydrogen) atoms. The Hall–Kier alpha value is -2.21. The Bertz CT molecular complexity index is 642. The van der Waals surface area contributed by atoms with Crippen LogP contribution in [0.15, 0.2) is 41.2 Å². The van der Waals surface area contributed by atoms with Crippen LogP contribution in [-0.2, 0) is 16.9 Å². The Labute approximate surface area is 120 Å². The molecule has 1 fully saturated rings. The van der Waals surface area contributed by atoms with Crippen molar-refractivity contribution >= 4 is 23.3 Å². The van der Waals surface area contributed by atoms with Gasteiger partial charge in [0.25, 0.3) is 5.91 Å². The summed E-state index contributed by atoms with van der Waals surface area (Å²) in [5, 5.41) is 6.54. The molecule has 102 valence electrons. The van der Waals surface area contributed by atoms with Crippen molar-refractivity contribution in [2.75, 3.05) is 0 Å². The van der Waals surface area contributed by atoms with Crippen molar-refractivity contribution in [2.45, 2.75) is 19.0 Å². The van der Waals surface area contributed by atoms with Gasteiger partial charge in [-0.05, 0) is 41.4 Å². The molecule has 0 aromatic carbocycles. The van der Waals surface area contributed by atoms with Gasteiger partial charge in [0, 0.05) is 6.20 Å². The van der Waals surface area contributed by atoms with Gasteiger partial charge in [-0.25, -0.2) is 4.79 Å². The van der Waals surface area contributed by atoms with Gasteiger partial charge in [0.15, 0.2) is 0 Å². The molecular formula is C14H13N3O2S. The molecule has 3 amide bonds. The summed E-state index contributed by atoms with van der Waals surface area (Å²) in [4.78, 5) is 30.0. The van der Waals surface area contributed by atoms with Crippen LogP contribution in [0.2, 0.25) is 0 Å². The summed E-state index contributed by atoms with van der Waals surface area (Å²) >= 11 is 1.50. The molecule has 0 bridgehead atoms. The number of nitrogens with zero attached hydrogens (tertiary/aromatic N) is 2. The molecule has 1 N–H and O–H groups in total. The number of carbonyl (C=O) groups is 2. The van der Waals surface area contributed by atoms with E-state index in [9.17, 15) is 9.59 Å². The third-order valence-electron chi connectivity index (χ3n) is 3.42. The van der Waals surface area contributed by atoms with Crippen molar-refractivity contribution in [3.8, 4) is 0 Å². The zero-order valence-electron chi connectivity index (χ0n) is 10.9. The Kier molecular flexibility index (Phi) is 3.02. The largest absolute Gasteiger partial charge is 0.325 e. The van der Waals surface area contributed by atoms with Crippen molar-refractivity contribution in [2.24, 2.45) is 0 Å². The fourth-order valence-corrected chi connectivity index (χ4v) is 3.00. The molecule has 1 unspecified atom stereocenters. The van der Waals surface area contributed by atoms with Crippen molar-refractivity contribution in [3.63, 3.8) is 0 Å². The first-order valence-electron chi connectivity index (χ1n) is 6.18. The van der Waals surface area contributed by atoms with Gasteiger partial charge in [-0.3, -0.25) is 14.7 Å². The number of pyridine rings is 1. The number of amides is 3. The first-order chi connectivity index (χ1) is 9.61. The highest BCUT2D eigenvalue weighted by atomic mass is 32.1. The number of hydrogen-bond donors (Lipinski definition) is 1. The molecular weight excluding hydrogens is 274 g/mol. The first kappa shape index (κ1) is 12.8. The molecule has 1 saturated heterocycles. The number of hydrogen-bond acceptors (Lipinski definition) is 4. The predicted octanol–water partition coefficient (Wildman–Crippen LogP) is 2.11. The summed E-state index contributed by atoms with van der Waals surface area (Å²) < 4.78 is 0. The number of urea groups is 1. The number of carbonyl (C=O) groups excluding carboxylic acids is 2. The van der Waals surface area contributed by atoms with E-state index >= 15 is 0 Å². The first-order valence-corrected chi connectivity index (χ1v) is 7.12. The van der Waals surface area contributed by atoms with Crippen LogP contribution in [0, 0.1) is 0 Å². The average Bonchev–Trinajstić information content (AvgIpc) is 3.05. The van der Waals surface area contributed by atoms with E-state index in [1.165, 1.54) is 16.2 Å². The van der Waals surface area contributed by atoms with Gasteiger partial charge < -0.3 is 5.32 Å². The molecule has 1 aliphatic rings. The Morgan fingerprint density at radius 2 is 2.20 bits per heavy atom. The second-order valence-corrected chi connectivity index (χ2v) is 5.56. The zero-order valence-corrected chi connectivity index (χ0v) is 11.7. The van der Waals surface area contributed by atoms with Crippen LogP contribution in [0.25, 0.3) is 0 Å². The van der Waals surface area contributed by atoms with E-state index in [0.717, 1.165) is 5.56 Å². The molecule has 0 radical (unpaired) electrons. The minimum atomic E-state index is -0.980. The number of thiophene rings is 1. The maximum absolute atomic E-state index is 12.6. The van der Waals surface area contributed by atoms with Crippen LogP contribution in [-0.4, -0.2) is 21.8 Å². The molecule has 6 heteroatoms. The van der Waals surface area contributed by atoms with Crippen LogP contribution in [0.3, 0.4) is 0 Å². The maximum Gasteiger partial charge on any atom is 0.325 e. The molecule has 2 aromatic rings. The highest BCUT2D eigenvalue weighted by Gasteiger charge is 2.49. The van der Waals surface area contributed by atoms with E-state index in [4.69, 9.17) is 0 Å². The Morgan fingerprint density at radius 1 is 1.35 bits per heavy atom. The minimum Gasteiger partial charge on any atom is -0.319 e. The molecule has 2 aromatic heterocycles. The molecule has 0 aliphatic carbocycles. The van der Waals surface area contributed by atoms with E-state index < -0.39 is 5.54 Å². The molecule has 3 rings (SSSR count). The molecule has 5 nitrogen and oxygen atoms in total. The lowest BCUT2D eigenvalue weighted by Gasteiger charge is -2.20. The summed E-state index contributed by atoms with van der Waals surface area (Å²) in [5.41, 5.74) is 0.515. The van der Waals surface area contributed by atoms with Crippen LogP contribution in [0.1, 0.15) is 18.2 Å². The quantitative estimate of drug-likeness (QED) is 0.879. The van der Waals surface area contributed by atoms with Crippen LogP contribution < -0.4 is 5.32 Å². The van der Waals surface area contributed by atoms with Crippen molar-refractivity contribution in [1.29, 1.82) is 0 Å². The second kappa shape index (κ2) is 4.72. The van der Waals surface area contributed by atoms with Crippen molar-refractivity contribution < 1.29 is 9.59 Å². The zero-order chi connectivity index (χ0) is 14.2. The SMILES string of the molecule is CC1(c2ccsc2)NC(=O)N(Cc2ccccn2)C1=O. The summed E-state index contributed by atoms with van der Waals surface area (Å²) in [6.07, 6.45) is 1.64. The van der Waals surface area contributed by atoms with Gasteiger partial charge in [-0.2, -0.15) is 11.3 Å². The average molecular weight is 287 g/mol. The standard InChI is InChI=1S/C14H13N3O2S/c1-14(10-5-7-20-9-10)12(18)17(13(19)16-14)8-11-4-2-3-6-15-11/h2-7,9H,8H2,1H3,(H,16,19). The van der Waals surface area contributed by atoms with Gasteiger partial charge in [-0.1, -0.05) is 6.07 Å². The highest BCUT2D eigenvalue weighted by Crippen LogP contribution is 2.30. The fourth-order valence-electron chi connectivity index (χ4n) is 2.24. The number of rotatable bonds is 3. The van der Waals surface area contributed by atoms with Gasteiger partial charge in [-0.15, -0.1) is 0 Å². The lowest BCUT2D eigenvalue weighted by molar-refractivity contribution is -0.131. The second-order valence-electron chi connectivity index (χ2n) is 4.78. The third-order valence-corrected chi connectivity index (χ3v) is 4.10. The van der Waals surface area contributed by atoms with E-state index in [1.807, 2.05) is 22.9 Å². The number of nitrogens with one attached hydrogen (secondary N) is 1. The topological polar surface area (TPSA) is 62.3 Å². The lowest BCUT2D eigenvalue weighted by Crippen LogP contribution is -2.40. The van der Waals surface area contributed by atoms with Crippen molar-refractivity contribution in [3.05, 3.63) is 52.5 Å². The van der Waals surface area contributed by atoms with Crippen LogP contribution >= 0.6 is 11.3 Å². The van der Waals surface area contributed by atoms with Gasteiger partial charge in [0.2, 0.25) is 0 Å². The molecule has 1 atom stereocenters. The smallest absolute Gasteiger partial charge is 0.319 e. The predicted molar refractivity (Wildman–Crippen MR) is 75.0 cm³/mol. The van der Waals surface area contributed by atoms with E-state index in [0.29, 0.717) is 5.69 Å². The van der Waals surface area contributed by atoms with E-state index in [-0.39, 0.29) is 18.5 Å². The van der Waals surface area contributed by atoms with Gasteiger partial charge in [0.05, 0.1) is 12.2 Å². The Morgan fingerprint density at radius 3 is 2.85 bits per heavy atom. The monoisotopic (exact) mass is 287 g/mol. The minimum absolute atomic E-state index is 0.186. The molecule has 3 heterocycles. The molecule has 0 saturated carbocycles. The van der Waals surface area contributed by atoms with Crippen molar-refractivity contribution in [1.82, 2.24) is 15.2 Å². The third kappa shape index (κ3) is 1.98. The Balaban J connectivity index is 1.88. The van der Waals surface area contributed by atoms with E-state index in [1.54, 1.807) is 25.3 Å². The number of aromatic nitrogens is 1. The van der Waals surface area contributed by atoms with Gasteiger partial charge in [0.1, 0.15) is 5.54 Å². The highest BCUT2D eigenvalue weighted by molar-refractivity contribution is 7.08. The van der Waals surface area contributed by atoms with Gasteiger partial charge >= 0.3 is 6.03 Å².